The van der Waals surface area contributed by atoms with Gasteiger partial charge >= 0.3 is 11.7 Å². The summed E-state index contributed by atoms with van der Waals surface area (Å²) in [4.78, 5) is 36.2. The molecule has 0 aliphatic carbocycles. The number of hydrogen-bond acceptors (Lipinski definition) is 7. The maximum atomic E-state index is 12.7. The lowest BCUT2D eigenvalue weighted by atomic mass is 10.1. The Morgan fingerprint density at radius 3 is 1.95 bits per heavy atom. The molecule has 0 N–H and O–H groups in total. The molecule has 0 spiro atoms. The van der Waals surface area contributed by atoms with Gasteiger partial charge in [-0.3, -0.25) is 14.9 Å². The van der Waals surface area contributed by atoms with Crippen LogP contribution in [0.4, 0.5) is 5.69 Å². The molecule has 0 aliphatic heterocycles. The largest absolute Gasteiger partial charge is 0.497 e. The van der Waals surface area contributed by atoms with Crippen LogP contribution in [0.25, 0.3) is 6.08 Å². The van der Waals surface area contributed by atoms with Crippen molar-refractivity contribution in [1.82, 2.24) is 0 Å². The SMILES string of the molecule is CCCCCCCCCCCCOc1ccc(/C=C/C(=O)c2ccc(OC(=O)c3ccc(OC)cc3)c([N+](=O)[O-])c2)cc1. The van der Waals surface area contributed by atoms with Crippen LogP contribution in [0, 0.1) is 10.1 Å². The van der Waals surface area contributed by atoms with Crippen molar-refractivity contribution in [2.45, 2.75) is 71.1 Å². The summed E-state index contributed by atoms with van der Waals surface area (Å²) >= 11 is 0. The summed E-state index contributed by atoms with van der Waals surface area (Å²) in [6.45, 7) is 2.92. The van der Waals surface area contributed by atoms with Crippen molar-refractivity contribution in [3.63, 3.8) is 0 Å². The van der Waals surface area contributed by atoms with E-state index < -0.39 is 22.4 Å². The second-order valence-corrected chi connectivity index (χ2v) is 10.4. The number of nitro benzene ring substituents is 1. The first-order valence-electron chi connectivity index (χ1n) is 15.0. The molecule has 0 aromatic heterocycles. The minimum absolute atomic E-state index is 0.101. The Kier molecular flexibility index (Phi) is 14.0. The molecular formula is C35H41NO7. The van der Waals surface area contributed by atoms with Gasteiger partial charge in [-0.15, -0.1) is 0 Å². The van der Waals surface area contributed by atoms with Gasteiger partial charge in [0, 0.05) is 11.6 Å². The molecule has 8 heteroatoms. The number of benzene rings is 3. The number of ketones is 1. The van der Waals surface area contributed by atoms with Gasteiger partial charge in [-0.25, -0.2) is 4.79 Å². The Bertz CT molecular complexity index is 1350. The minimum atomic E-state index is -0.763. The third-order valence-electron chi connectivity index (χ3n) is 7.04. The topological polar surface area (TPSA) is 105 Å². The fourth-order valence-electron chi connectivity index (χ4n) is 4.51. The Morgan fingerprint density at radius 1 is 0.767 bits per heavy atom. The molecule has 228 valence electrons. The molecule has 0 unspecified atom stereocenters. The normalized spacial score (nSPS) is 10.9. The van der Waals surface area contributed by atoms with Crippen molar-refractivity contribution in [3.8, 4) is 17.2 Å². The number of unbranched alkanes of at least 4 members (excludes halogenated alkanes) is 9. The molecule has 0 radical (unpaired) electrons. The predicted octanol–water partition coefficient (Wildman–Crippen LogP) is 9.02. The van der Waals surface area contributed by atoms with Crippen molar-refractivity contribution in [2.75, 3.05) is 13.7 Å². The highest BCUT2D eigenvalue weighted by Crippen LogP contribution is 2.29. The van der Waals surface area contributed by atoms with Gasteiger partial charge in [0.2, 0.25) is 5.75 Å². The first-order chi connectivity index (χ1) is 20.9. The maximum Gasteiger partial charge on any atom is 0.343 e. The molecule has 0 heterocycles. The van der Waals surface area contributed by atoms with Gasteiger partial charge in [0.05, 0.1) is 24.2 Å². The van der Waals surface area contributed by atoms with Gasteiger partial charge in [-0.2, -0.15) is 0 Å². The lowest BCUT2D eigenvalue weighted by Crippen LogP contribution is -2.10. The number of allylic oxidation sites excluding steroid dienone is 1. The van der Waals surface area contributed by atoms with Crippen LogP contribution in [0.3, 0.4) is 0 Å². The van der Waals surface area contributed by atoms with Gasteiger partial charge in [-0.1, -0.05) is 82.9 Å². The maximum absolute atomic E-state index is 12.7. The van der Waals surface area contributed by atoms with E-state index in [2.05, 4.69) is 6.92 Å². The highest BCUT2D eigenvalue weighted by atomic mass is 16.6. The van der Waals surface area contributed by atoms with Crippen molar-refractivity contribution >= 4 is 23.5 Å². The van der Waals surface area contributed by atoms with E-state index >= 15 is 0 Å². The van der Waals surface area contributed by atoms with E-state index in [1.54, 1.807) is 18.2 Å². The van der Waals surface area contributed by atoms with Gasteiger partial charge in [0.15, 0.2) is 5.78 Å². The molecular weight excluding hydrogens is 546 g/mol. The van der Waals surface area contributed by atoms with Crippen LogP contribution in [0.15, 0.2) is 72.8 Å². The van der Waals surface area contributed by atoms with E-state index in [0.717, 1.165) is 23.8 Å². The number of carbonyl (C=O) groups is 2. The van der Waals surface area contributed by atoms with Crippen LogP contribution in [-0.2, 0) is 0 Å². The van der Waals surface area contributed by atoms with Gasteiger partial charge in [0.1, 0.15) is 11.5 Å². The van der Waals surface area contributed by atoms with E-state index in [1.807, 2.05) is 24.3 Å². The monoisotopic (exact) mass is 587 g/mol. The van der Waals surface area contributed by atoms with Gasteiger partial charge in [-0.05, 0) is 66.6 Å². The first kappa shape index (κ1) is 33.0. The fraction of sp³-hybridized carbons (Fsp3) is 0.371. The van der Waals surface area contributed by atoms with Crippen LogP contribution in [0.5, 0.6) is 17.2 Å². The van der Waals surface area contributed by atoms with Gasteiger partial charge in [0.25, 0.3) is 0 Å². The summed E-state index contributed by atoms with van der Waals surface area (Å²) in [6.07, 6.45) is 15.7. The minimum Gasteiger partial charge on any atom is -0.497 e. The second-order valence-electron chi connectivity index (χ2n) is 10.4. The Hall–Kier alpha value is -4.46. The fourth-order valence-corrected chi connectivity index (χ4v) is 4.51. The number of nitrogens with zero attached hydrogens (tertiary/aromatic N) is 1. The summed E-state index contributed by atoms with van der Waals surface area (Å²) < 4.78 is 16.2. The van der Waals surface area contributed by atoms with Crippen molar-refractivity contribution in [1.29, 1.82) is 0 Å². The summed E-state index contributed by atoms with van der Waals surface area (Å²) in [7, 11) is 1.50. The van der Waals surface area contributed by atoms with E-state index in [1.165, 1.54) is 95.2 Å². The van der Waals surface area contributed by atoms with Crippen LogP contribution in [0.1, 0.15) is 97.4 Å². The van der Waals surface area contributed by atoms with Crippen molar-refractivity contribution in [2.24, 2.45) is 0 Å². The van der Waals surface area contributed by atoms with E-state index in [-0.39, 0.29) is 16.9 Å². The molecule has 0 saturated carbocycles. The number of carbonyl (C=O) groups excluding carboxylic acids is 2. The molecule has 8 nitrogen and oxygen atoms in total. The average molecular weight is 588 g/mol. The molecule has 3 aromatic rings. The number of rotatable bonds is 19. The Morgan fingerprint density at radius 2 is 1.35 bits per heavy atom. The number of nitro groups is 1. The standard InChI is InChI=1S/C35H41NO7/c1-3-4-5-6-7-8-9-10-11-12-25-42-31-19-13-27(14-20-31)15-23-33(37)29-18-24-34(32(26-29)36(39)40)43-35(38)28-16-21-30(41-2)22-17-28/h13-24,26H,3-12,25H2,1-2H3/b23-15+. The highest BCUT2D eigenvalue weighted by Gasteiger charge is 2.21. The van der Waals surface area contributed by atoms with E-state index in [0.29, 0.717) is 12.4 Å². The van der Waals surface area contributed by atoms with Crippen LogP contribution in [-0.4, -0.2) is 30.4 Å². The highest BCUT2D eigenvalue weighted by molar-refractivity contribution is 6.07. The van der Waals surface area contributed by atoms with Crippen molar-refractivity contribution < 1.29 is 28.7 Å². The zero-order valence-electron chi connectivity index (χ0n) is 25.1. The van der Waals surface area contributed by atoms with Crippen molar-refractivity contribution in [3.05, 3.63) is 99.6 Å². The summed E-state index contributed by atoms with van der Waals surface area (Å²) in [5.74, 6) is -0.102. The first-order valence-corrected chi connectivity index (χ1v) is 15.0. The lowest BCUT2D eigenvalue weighted by Gasteiger charge is -2.07. The predicted molar refractivity (Wildman–Crippen MR) is 168 cm³/mol. The van der Waals surface area contributed by atoms with E-state index in [4.69, 9.17) is 14.2 Å². The quantitative estimate of drug-likeness (QED) is 0.0262. The summed E-state index contributed by atoms with van der Waals surface area (Å²) in [6, 6.07) is 17.3. The van der Waals surface area contributed by atoms with Crippen LogP contribution < -0.4 is 14.2 Å². The molecule has 0 aliphatic rings. The summed E-state index contributed by atoms with van der Waals surface area (Å²) in [5, 5.41) is 11.7. The average Bonchev–Trinajstić information content (AvgIpc) is 3.03. The zero-order chi connectivity index (χ0) is 30.9. The molecule has 0 amide bonds. The molecule has 43 heavy (non-hydrogen) atoms. The smallest absolute Gasteiger partial charge is 0.343 e. The molecule has 0 saturated heterocycles. The number of esters is 1. The molecule has 0 atom stereocenters. The molecule has 0 fully saturated rings. The number of ether oxygens (including phenoxy) is 3. The summed E-state index contributed by atoms with van der Waals surface area (Å²) in [5.41, 5.74) is 0.612. The zero-order valence-corrected chi connectivity index (χ0v) is 25.1. The van der Waals surface area contributed by atoms with Gasteiger partial charge < -0.3 is 14.2 Å². The van der Waals surface area contributed by atoms with Crippen LogP contribution in [0.2, 0.25) is 0 Å². The lowest BCUT2D eigenvalue weighted by molar-refractivity contribution is -0.385. The van der Waals surface area contributed by atoms with E-state index in [9.17, 15) is 19.7 Å². The number of methoxy groups -OCH3 is 1. The molecule has 0 bridgehead atoms. The Labute approximate surface area is 253 Å². The Balaban J connectivity index is 1.46. The number of hydrogen-bond donors (Lipinski definition) is 0. The third-order valence-corrected chi connectivity index (χ3v) is 7.04. The third kappa shape index (κ3) is 11.4. The molecule has 3 aromatic carbocycles. The molecule has 3 rings (SSSR count). The van der Waals surface area contributed by atoms with Crippen LogP contribution >= 0.6 is 0 Å². The second kappa shape index (κ2) is 18.2.